The Hall–Kier alpha value is -3.03. The molecule has 2 saturated heterocycles. The van der Waals surface area contributed by atoms with Crippen molar-refractivity contribution in [1.29, 1.82) is 0 Å². The van der Waals surface area contributed by atoms with Gasteiger partial charge in [0.15, 0.2) is 5.65 Å². The van der Waals surface area contributed by atoms with Crippen molar-refractivity contribution in [3.8, 4) is 11.1 Å². The van der Waals surface area contributed by atoms with Crippen LogP contribution in [0.25, 0.3) is 16.8 Å². The number of aryl methyl sites for hydroxylation is 1. The minimum absolute atomic E-state index is 0.155. The number of piperidine rings is 1. The summed E-state index contributed by atoms with van der Waals surface area (Å²) in [5.74, 6) is 0.709. The van der Waals surface area contributed by atoms with E-state index >= 15 is 0 Å². The molecule has 2 N–H and O–H groups in total. The highest BCUT2D eigenvalue weighted by Gasteiger charge is 2.39. The van der Waals surface area contributed by atoms with Gasteiger partial charge >= 0.3 is 6.09 Å². The van der Waals surface area contributed by atoms with Crippen LogP contribution in [-0.2, 0) is 11.8 Å². The summed E-state index contributed by atoms with van der Waals surface area (Å²) >= 11 is 0. The number of nitrogens with zero attached hydrogens (tertiary/aromatic N) is 5. The van der Waals surface area contributed by atoms with Gasteiger partial charge in [-0.25, -0.2) is 9.78 Å². The maximum atomic E-state index is 11.9. The summed E-state index contributed by atoms with van der Waals surface area (Å²) in [6, 6.07) is 4.11. The first kappa shape index (κ1) is 15.2. The molecule has 0 saturated carbocycles. The Kier molecular flexibility index (Phi) is 3.22. The smallest absolute Gasteiger partial charge is 0.410 e. The number of carbonyl (C=O) groups excluding carboxylic acids is 1. The summed E-state index contributed by atoms with van der Waals surface area (Å²) in [5, 5.41) is 4.39. The van der Waals surface area contributed by atoms with Crippen LogP contribution < -0.4 is 5.73 Å². The number of cyclic esters (lactones) is 1. The van der Waals surface area contributed by atoms with Crippen molar-refractivity contribution in [3.63, 3.8) is 0 Å². The molecule has 2 unspecified atom stereocenters. The topological polar surface area (TPSA) is 90.7 Å². The van der Waals surface area contributed by atoms with Crippen molar-refractivity contribution >= 4 is 17.6 Å². The minimum atomic E-state index is -0.219. The van der Waals surface area contributed by atoms with Gasteiger partial charge in [0.1, 0.15) is 12.4 Å². The number of hydrogen-bond acceptors (Lipinski definition) is 5. The second-order valence-electron chi connectivity index (χ2n) is 7.12. The number of amides is 1. The lowest BCUT2D eigenvalue weighted by molar-refractivity contribution is 0.150. The second kappa shape index (κ2) is 5.48. The second-order valence-corrected chi connectivity index (χ2v) is 7.12. The summed E-state index contributed by atoms with van der Waals surface area (Å²) < 4.78 is 8.83. The van der Waals surface area contributed by atoms with Crippen LogP contribution in [0.2, 0.25) is 0 Å². The van der Waals surface area contributed by atoms with Gasteiger partial charge in [-0.2, -0.15) is 9.61 Å². The molecule has 2 aliphatic heterocycles. The predicted molar refractivity (Wildman–Crippen MR) is 95.6 cm³/mol. The fraction of sp³-hybridized carbons (Fsp3) is 0.389. The molecular formula is C18H20N6O2. The number of nitrogen functional groups attached to an aromatic ring is 1. The van der Waals surface area contributed by atoms with Gasteiger partial charge in [-0.1, -0.05) is 0 Å². The highest BCUT2D eigenvalue weighted by atomic mass is 16.6. The van der Waals surface area contributed by atoms with Crippen molar-refractivity contribution in [2.24, 2.45) is 7.05 Å². The molecule has 0 aliphatic carbocycles. The average molecular weight is 352 g/mol. The highest BCUT2D eigenvalue weighted by molar-refractivity contribution is 5.78. The van der Waals surface area contributed by atoms with Crippen molar-refractivity contribution in [2.45, 2.75) is 24.8 Å². The Labute approximate surface area is 150 Å². The highest BCUT2D eigenvalue weighted by Crippen LogP contribution is 2.34. The van der Waals surface area contributed by atoms with E-state index in [0.29, 0.717) is 19.0 Å². The number of rotatable bonds is 2. The van der Waals surface area contributed by atoms with Gasteiger partial charge in [-0.15, -0.1) is 0 Å². The number of aromatic nitrogens is 4. The number of nitrogens with two attached hydrogens (primary N) is 1. The normalized spacial score (nSPS) is 22.7. The van der Waals surface area contributed by atoms with Gasteiger partial charge in [0.2, 0.25) is 0 Å². The summed E-state index contributed by atoms with van der Waals surface area (Å²) in [4.78, 5) is 18.6. The largest absolute Gasteiger partial charge is 0.447 e. The summed E-state index contributed by atoms with van der Waals surface area (Å²) in [7, 11) is 1.98. The summed E-state index contributed by atoms with van der Waals surface area (Å²) in [5.41, 5.74) is 9.91. The van der Waals surface area contributed by atoms with Gasteiger partial charge in [-0.3, -0.25) is 0 Å². The quantitative estimate of drug-likeness (QED) is 0.762. The lowest BCUT2D eigenvalue weighted by atomic mass is 9.91. The Morgan fingerprint density at radius 3 is 3.04 bits per heavy atom. The van der Waals surface area contributed by atoms with Crippen molar-refractivity contribution in [3.05, 3.63) is 36.4 Å². The predicted octanol–water partition coefficient (Wildman–Crippen LogP) is 2.02. The van der Waals surface area contributed by atoms with E-state index in [1.54, 1.807) is 10.7 Å². The van der Waals surface area contributed by atoms with E-state index in [9.17, 15) is 4.79 Å². The van der Waals surface area contributed by atoms with Crippen LogP contribution >= 0.6 is 0 Å². The van der Waals surface area contributed by atoms with Crippen molar-refractivity contribution in [1.82, 2.24) is 24.1 Å². The van der Waals surface area contributed by atoms with E-state index in [-0.39, 0.29) is 18.1 Å². The van der Waals surface area contributed by atoms with Gasteiger partial charge in [-0.05, 0) is 18.9 Å². The Balaban J connectivity index is 1.55. The molecule has 2 aliphatic rings. The number of ether oxygens (including phenoxy) is 1. The fourth-order valence-electron chi connectivity index (χ4n) is 4.00. The number of hydrogen-bond donors (Lipinski definition) is 1. The van der Waals surface area contributed by atoms with E-state index in [1.807, 2.05) is 41.0 Å². The molecule has 0 aromatic carbocycles. The van der Waals surface area contributed by atoms with Crippen LogP contribution in [0.3, 0.4) is 0 Å². The lowest BCUT2D eigenvalue weighted by Gasteiger charge is -2.32. The van der Waals surface area contributed by atoms with Crippen LogP contribution in [0.15, 0.2) is 30.7 Å². The molecular weight excluding hydrogens is 332 g/mol. The third-order valence-corrected chi connectivity index (χ3v) is 5.42. The standard InChI is InChI=1S/C18H20N6O2/c1-22-5-4-11(8-22)14-7-20-24-16(19)6-15(21-17(14)24)12-2-3-13-10-26-18(25)23(13)9-12/h4-8,12-13H,2-3,9-10,19H2,1H3. The molecule has 3 aromatic rings. The van der Waals surface area contributed by atoms with E-state index in [1.165, 1.54) is 0 Å². The first-order chi connectivity index (χ1) is 12.6. The Morgan fingerprint density at radius 1 is 1.35 bits per heavy atom. The van der Waals surface area contributed by atoms with E-state index in [0.717, 1.165) is 35.3 Å². The SMILES string of the molecule is Cn1ccc(-c2cnn3c(N)cc(C4CCC5COC(=O)N5C4)nc23)c1. The van der Waals surface area contributed by atoms with E-state index in [4.69, 9.17) is 15.5 Å². The molecule has 8 nitrogen and oxygen atoms in total. The Morgan fingerprint density at radius 2 is 2.23 bits per heavy atom. The number of fused-ring (bicyclic) bond motifs is 2. The van der Waals surface area contributed by atoms with Gasteiger partial charge in [0, 0.05) is 49.1 Å². The molecule has 1 amide bonds. The number of anilines is 1. The molecule has 0 radical (unpaired) electrons. The minimum Gasteiger partial charge on any atom is -0.447 e. The van der Waals surface area contributed by atoms with Crippen LogP contribution in [0.4, 0.5) is 10.6 Å². The zero-order chi connectivity index (χ0) is 17.8. The summed E-state index contributed by atoms with van der Waals surface area (Å²) in [6.07, 6.45) is 7.50. The maximum absolute atomic E-state index is 11.9. The van der Waals surface area contributed by atoms with Crippen LogP contribution in [0, 0.1) is 0 Å². The third-order valence-electron chi connectivity index (χ3n) is 5.42. The van der Waals surface area contributed by atoms with Gasteiger partial charge in [0.05, 0.1) is 17.9 Å². The fourth-order valence-corrected chi connectivity index (χ4v) is 4.00. The molecule has 0 spiro atoms. The van der Waals surface area contributed by atoms with Crippen LogP contribution in [-0.4, -0.2) is 49.4 Å². The molecule has 0 bridgehead atoms. The number of carbonyl (C=O) groups is 1. The van der Waals surface area contributed by atoms with Crippen molar-refractivity contribution < 1.29 is 9.53 Å². The molecule has 2 atom stereocenters. The molecule has 134 valence electrons. The summed E-state index contributed by atoms with van der Waals surface area (Å²) in [6.45, 7) is 1.13. The average Bonchev–Trinajstić information content (AvgIpc) is 3.33. The zero-order valence-electron chi connectivity index (χ0n) is 14.5. The third kappa shape index (κ3) is 2.25. The van der Waals surface area contributed by atoms with Gasteiger partial charge < -0.3 is 19.9 Å². The van der Waals surface area contributed by atoms with Crippen molar-refractivity contribution in [2.75, 3.05) is 18.9 Å². The van der Waals surface area contributed by atoms with E-state index < -0.39 is 0 Å². The Bertz CT molecular complexity index is 1010. The van der Waals surface area contributed by atoms with Crippen LogP contribution in [0.5, 0.6) is 0 Å². The molecule has 5 rings (SSSR count). The van der Waals surface area contributed by atoms with Gasteiger partial charge in [0.25, 0.3) is 0 Å². The first-order valence-corrected chi connectivity index (χ1v) is 8.80. The molecule has 5 heterocycles. The lowest BCUT2D eigenvalue weighted by Crippen LogP contribution is -2.41. The molecule has 26 heavy (non-hydrogen) atoms. The zero-order valence-corrected chi connectivity index (χ0v) is 14.5. The van der Waals surface area contributed by atoms with E-state index in [2.05, 4.69) is 5.10 Å². The molecule has 2 fully saturated rings. The molecule has 3 aromatic heterocycles. The van der Waals surface area contributed by atoms with Crippen LogP contribution in [0.1, 0.15) is 24.5 Å². The monoisotopic (exact) mass is 352 g/mol. The molecule has 8 heteroatoms. The first-order valence-electron chi connectivity index (χ1n) is 8.80. The maximum Gasteiger partial charge on any atom is 0.410 e.